The van der Waals surface area contributed by atoms with E-state index in [-0.39, 0.29) is 19.3 Å². The minimum absolute atomic E-state index is 0.166. The summed E-state index contributed by atoms with van der Waals surface area (Å²) < 4.78 is 7.59. The summed E-state index contributed by atoms with van der Waals surface area (Å²) in [5.74, 6) is 7.77. The Balaban J connectivity index is 1.63. The third-order valence-electron chi connectivity index (χ3n) is 5.59. The van der Waals surface area contributed by atoms with E-state index >= 15 is 0 Å². The van der Waals surface area contributed by atoms with Gasteiger partial charge in [-0.1, -0.05) is 43.0 Å². The Morgan fingerprint density at radius 3 is 2.27 bits per heavy atom. The van der Waals surface area contributed by atoms with Gasteiger partial charge in [0.25, 0.3) is 0 Å². The highest BCUT2D eigenvalue weighted by Gasteiger charge is 2.11. The number of ether oxygens (including phenoxy) is 1. The van der Waals surface area contributed by atoms with Crippen LogP contribution in [0.5, 0.6) is 5.75 Å². The molecule has 3 aromatic rings. The lowest BCUT2D eigenvalue weighted by Crippen LogP contribution is -2.16. The van der Waals surface area contributed by atoms with E-state index in [9.17, 15) is 15.3 Å². The fraction of sp³-hybridized carbons (Fsp3) is 0.370. The molecular weight excluding hydrogens is 416 g/mol. The highest BCUT2D eigenvalue weighted by Crippen LogP contribution is 2.24. The minimum atomic E-state index is -0.463. The van der Waals surface area contributed by atoms with E-state index in [1.54, 1.807) is 17.0 Å². The van der Waals surface area contributed by atoms with Crippen molar-refractivity contribution in [1.82, 2.24) is 9.55 Å². The van der Waals surface area contributed by atoms with Crippen molar-refractivity contribution in [3.63, 3.8) is 0 Å². The standard InChI is InChI=1S/C27H32N2O4/c1-3-21(16-20(2)32)19-33-26-12-9-24(10-13-26)23-7-4-22(5-8-23)6-11-25(17-30)29-15-14-28-27(29)18-31/h4-5,7-10,12-15,20-21,25,30-32H,3,16-19H2,1-2H3. The van der Waals surface area contributed by atoms with E-state index in [4.69, 9.17) is 4.74 Å². The van der Waals surface area contributed by atoms with E-state index in [1.807, 2.05) is 55.5 Å². The van der Waals surface area contributed by atoms with Gasteiger partial charge in [0, 0.05) is 18.0 Å². The molecule has 0 bridgehead atoms. The molecular formula is C27H32N2O4. The molecule has 0 aliphatic rings. The Morgan fingerprint density at radius 2 is 1.70 bits per heavy atom. The summed E-state index contributed by atoms with van der Waals surface area (Å²) in [5.41, 5.74) is 2.99. The third-order valence-corrected chi connectivity index (χ3v) is 5.59. The van der Waals surface area contributed by atoms with E-state index in [1.165, 1.54) is 0 Å². The van der Waals surface area contributed by atoms with Crippen molar-refractivity contribution in [1.29, 1.82) is 0 Å². The lowest BCUT2D eigenvalue weighted by Gasteiger charge is -2.17. The first-order chi connectivity index (χ1) is 16.0. The maximum absolute atomic E-state index is 9.68. The van der Waals surface area contributed by atoms with Crippen LogP contribution in [0.25, 0.3) is 11.1 Å². The molecule has 3 atom stereocenters. The number of aliphatic hydroxyl groups excluding tert-OH is 3. The minimum Gasteiger partial charge on any atom is -0.493 e. The highest BCUT2D eigenvalue weighted by atomic mass is 16.5. The van der Waals surface area contributed by atoms with Crippen molar-refractivity contribution in [3.05, 3.63) is 72.3 Å². The highest BCUT2D eigenvalue weighted by molar-refractivity contribution is 5.65. The molecule has 0 spiro atoms. The molecule has 1 heterocycles. The molecule has 33 heavy (non-hydrogen) atoms. The van der Waals surface area contributed by atoms with Crippen molar-refractivity contribution in [2.24, 2.45) is 5.92 Å². The van der Waals surface area contributed by atoms with Gasteiger partial charge < -0.3 is 24.6 Å². The molecule has 0 radical (unpaired) electrons. The number of aliphatic hydroxyl groups is 3. The number of nitrogens with zero attached hydrogens (tertiary/aromatic N) is 2. The fourth-order valence-electron chi connectivity index (χ4n) is 3.66. The smallest absolute Gasteiger partial charge is 0.135 e. The van der Waals surface area contributed by atoms with Gasteiger partial charge in [0.15, 0.2) is 0 Å². The lowest BCUT2D eigenvalue weighted by atomic mass is 10.0. The first-order valence-corrected chi connectivity index (χ1v) is 11.3. The maximum Gasteiger partial charge on any atom is 0.135 e. The molecule has 3 unspecified atom stereocenters. The molecule has 0 fully saturated rings. The van der Waals surface area contributed by atoms with E-state index < -0.39 is 6.04 Å². The second-order valence-electron chi connectivity index (χ2n) is 8.15. The Bertz CT molecular complexity index is 1050. The molecule has 2 aromatic carbocycles. The van der Waals surface area contributed by atoms with Crippen LogP contribution in [0.15, 0.2) is 60.9 Å². The van der Waals surface area contributed by atoms with Gasteiger partial charge in [-0.15, -0.1) is 0 Å². The van der Waals surface area contributed by atoms with Crippen LogP contribution < -0.4 is 4.74 Å². The quantitative estimate of drug-likeness (QED) is 0.411. The SMILES string of the molecule is CCC(COc1ccc(-c2ccc(C#CC(CO)n3ccnc3CO)cc2)cc1)CC(C)O. The van der Waals surface area contributed by atoms with Crippen LogP contribution in [0.1, 0.15) is 44.1 Å². The summed E-state index contributed by atoms with van der Waals surface area (Å²) in [5, 5.41) is 28.6. The van der Waals surface area contributed by atoms with Gasteiger partial charge in [0.05, 0.1) is 19.3 Å². The van der Waals surface area contributed by atoms with Crippen molar-refractivity contribution in [3.8, 4) is 28.7 Å². The Kier molecular flexibility index (Phi) is 9.08. The normalized spacial score (nSPS) is 13.6. The zero-order valence-corrected chi connectivity index (χ0v) is 19.2. The second kappa shape index (κ2) is 12.2. The number of hydrogen-bond acceptors (Lipinski definition) is 5. The first kappa shape index (κ1) is 24.5. The Morgan fingerprint density at radius 1 is 1.03 bits per heavy atom. The molecule has 3 N–H and O–H groups in total. The number of imidazole rings is 1. The first-order valence-electron chi connectivity index (χ1n) is 11.3. The van der Waals surface area contributed by atoms with Crippen LogP contribution in [-0.4, -0.2) is 44.2 Å². The summed E-state index contributed by atoms with van der Waals surface area (Å²) in [7, 11) is 0. The zero-order valence-electron chi connectivity index (χ0n) is 19.2. The number of rotatable bonds is 10. The average molecular weight is 449 g/mol. The summed E-state index contributed by atoms with van der Waals surface area (Å²) >= 11 is 0. The predicted octanol–water partition coefficient (Wildman–Crippen LogP) is 3.80. The van der Waals surface area contributed by atoms with Gasteiger partial charge in [-0.2, -0.15) is 0 Å². The molecule has 0 amide bonds. The molecule has 3 rings (SSSR count). The van der Waals surface area contributed by atoms with Crippen molar-refractivity contribution in [2.75, 3.05) is 13.2 Å². The summed E-state index contributed by atoms with van der Waals surface area (Å²) in [6.45, 7) is 4.15. The molecule has 0 saturated carbocycles. The number of aromatic nitrogens is 2. The van der Waals surface area contributed by atoms with Crippen molar-refractivity contribution in [2.45, 2.75) is 45.4 Å². The molecule has 0 saturated heterocycles. The van der Waals surface area contributed by atoms with E-state index in [2.05, 4.69) is 23.7 Å². The monoisotopic (exact) mass is 448 g/mol. The Labute approximate surface area is 195 Å². The summed E-state index contributed by atoms with van der Waals surface area (Å²) in [6, 6.07) is 15.5. The van der Waals surface area contributed by atoms with E-state index in [0.717, 1.165) is 35.3 Å². The van der Waals surface area contributed by atoms with Crippen LogP contribution in [0.2, 0.25) is 0 Å². The van der Waals surface area contributed by atoms with Crippen LogP contribution in [0.3, 0.4) is 0 Å². The topological polar surface area (TPSA) is 87.7 Å². The van der Waals surface area contributed by atoms with Gasteiger partial charge >= 0.3 is 0 Å². The van der Waals surface area contributed by atoms with Gasteiger partial charge in [0.2, 0.25) is 0 Å². The lowest BCUT2D eigenvalue weighted by molar-refractivity contribution is 0.134. The van der Waals surface area contributed by atoms with Crippen molar-refractivity contribution < 1.29 is 20.1 Å². The molecule has 1 aromatic heterocycles. The van der Waals surface area contributed by atoms with Crippen LogP contribution in [-0.2, 0) is 6.61 Å². The number of benzene rings is 2. The van der Waals surface area contributed by atoms with Crippen LogP contribution in [0, 0.1) is 17.8 Å². The van der Waals surface area contributed by atoms with E-state index in [0.29, 0.717) is 18.3 Å². The molecule has 6 heteroatoms. The summed E-state index contributed by atoms with van der Waals surface area (Å²) in [4.78, 5) is 4.06. The van der Waals surface area contributed by atoms with Crippen LogP contribution >= 0.6 is 0 Å². The molecule has 0 aliphatic carbocycles. The zero-order chi connectivity index (χ0) is 23.6. The van der Waals surface area contributed by atoms with Gasteiger partial charge in [-0.3, -0.25) is 0 Å². The average Bonchev–Trinajstić information content (AvgIpc) is 3.31. The van der Waals surface area contributed by atoms with Gasteiger partial charge in [0.1, 0.15) is 24.2 Å². The van der Waals surface area contributed by atoms with Crippen LogP contribution in [0.4, 0.5) is 0 Å². The Hall–Kier alpha value is -3.11. The largest absolute Gasteiger partial charge is 0.493 e. The molecule has 0 aliphatic heterocycles. The van der Waals surface area contributed by atoms with Gasteiger partial charge in [-0.05, 0) is 61.1 Å². The number of hydrogen-bond donors (Lipinski definition) is 3. The third kappa shape index (κ3) is 6.93. The second-order valence-corrected chi connectivity index (χ2v) is 8.15. The van der Waals surface area contributed by atoms with Gasteiger partial charge in [-0.25, -0.2) is 4.98 Å². The fourth-order valence-corrected chi connectivity index (χ4v) is 3.66. The summed E-state index contributed by atoms with van der Waals surface area (Å²) in [6.07, 6.45) is 4.69. The van der Waals surface area contributed by atoms with Crippen molar-refractivity contribution >= 4 is 0 Å². The predicted molar refractivity (Wildman–Crippen MR) is 129 cm³/mol. The molecule has 174 valence electrons. The molecule has 6 nitrogen and oxygen atoms in total. The maximum atomic E-state index is 9.68.